The van der Waals surface area contributed by atoms with E-state index in [1.807, 2.05) is 29.2 Å². The molecular weight excluding hydrogens is 447 g/mol. The molecule has 2 aliphatic heterocycles. The molecule has 35 heavy (non-hydrogen) atoms. The molecule has 0 radical (unpaired) electrons. The number of para-hydroxylation sites is 1. The maximum atomic E-state index is 13.7. The largest absolute Gasteiger partial charge is 0.381 e. The van der Waals surface area contributed by atoms with E-state index in [1.165, 1.54) is 12.1 Å². The number of benzene rings is 2. The SMILES string of the molecule is O=C(c1cc(-c2ccc(F)cc2)nc2ccccc12)N1CCC(c2nc(C3CCOCC3)no2)C1. The van der Waals surface area contributed by atoms with Gasteiger partial charge in [0.1, 0.15) is 5.82 Å². The lowest BCUT2D eigenvalue weighted by atomic mass is 10.00. The van der Waals surface area contributed by atoms with Gasteiger partial charge < -0.3 is 14.2 Å². The Morgan fingerprint density at radius 2 is 1.77 bits per heavy atom. The van der Waals surface area contributed by atoms with Gasteiger partial charge in [-0.15, -0.1) is 0 Å². The van der Waals surface area contributed by atoms with Crippen LogP contribution in [0.4, 0.5) is 4.39 Å². The maximum Gasteiger partial charge on any atom is 0.254 e. The zero-order valence-electron chi connectivity index (χ0n) is 19.2. The van der Waals surface area contributed by atoms with Gasteiger partial charge in [-0.2, -0.15) is 4.98 Å². The van der Waals surface area contributed by atoms with Crippen LogP contribution < -0.4 is 0 Å². The Bertz CT molecular complexity index is 1360. The first kappa shape index (κ1) is 21.9. The summed E-state index contributed by atoms with van der Waals surface area (Å²) in [4.78, 5) is 24.9. The molecule has 0 saturated carbocycles. The minimum atomic E-state index is -0.310. The highest BCUT2D eigenvalue weighted by Gasteiger charge is 2.33. The van der Waals surface area contributed by atoms with Crippen molar-refractivity contribution in [3.05, 3.63) is 77.7 Å². The fraction of sp³-hybridized carbons (Fsp3) is 0.333. The molecule has 6 rings (SSSR count). The van der Waals surface area contributed by atoms with Crippen molar-refractivity contribution >= 4 is 16.8 Å². The lowest BCUT2D eigenvalue weighted by molar-refractivity contribution is 0.0791. The van der Waals surface area contributed by atoms with E-state index in [2.05, 4.69) is 10.1 Å². The first-order valence-corrected chi connectivity index (χ1v) is 12.0. The molecule has 0 bridgehead atoms. The number of nitrogens with zero attached hydrogens (tertiary/aromatic N) is 4. The van der Waals surface area contributed by atoms with Crippen molar-refractivity contribution in [1.29, 1.82) is 0 Å². The summed E-state index contributed by atoms with van der Waals surface area (Å²) in [5.74, 6) is 1.28. The van der Waals surface area contributed by atoms with Gasteiger partial charge in [0.2, 0.25) is 5.89 Å². The molecule has 2 aliphatic rings. The number of carbonyl (C=O) groups is 1. The molecule has 178 valence electrons. The molecule has 1 unspecified atom stereocenters. The van der Waals surface area contributed by atoms with Gasteiger partial charge in [-0.05, 0) is 55.7 Å². The molecule has 7 nitrogen and oxygen atoms in total. The summed E-state index contributed by atoms with van der Waals surface area (Å²) in [5.41, 5.74) is 2.72. The Morgan fingerprint density at radius 3 is 2.60 bits per heavy atom. The number of halogens is 1. The summed E-state index contributed by atoms with van der Waals surface area (Å²) in [7, 11) is 0. The van der Waals surface area contributed by atoms with Crippen LogP contribution in [-0.4, -0.2) is 52.2 Å². The lowest BCUT2D eigenvalue weighted by Crippen LogP contribution is -2.28. The van der Waals surface area contributed by atoms with E-state index in [-0.39, 0.29) is 23.6 Å². The molecule has 0 aliphatic carbocycles. The number of carbonyl (C=O) groups excluding carboxylic acids is 1. The summed E-state index contributed by atoms with van der Waals surface area (Å²) in [6.45, 7) is 2.58. The molecule has 1 atom stereocenters. The second-order valence-electron chi connectivity index (χ2n) is 9.19. The topological polar surface area (TPSA) is 81.4 Å². The van der Waals surface area contributed by atoms with Gasteiger partial charge in [-0.3, -0.25) is 4.79 Å². The number of hydrogen-bond donors (Lipinski definition) is 0. The molecule has 4 heterocycles. The maximum absolute atomic E-state index is 13.7. The summed E-state index contributed by atoms with van der Waals surface area (Å²) in [6, 6.07) is 15.6. The summed E-state index contributed by atoms with van der Waals surface area (Å²) in [5, 5.41) is 5.02. The van der Waals surface area contributed by atoms with Crippen LogP contribution in [0.3, 0.4) is 0 Å². The van der Waals surface area contributed by atoms with Gasteiger partial charge in [0, 0.05) is 43.2 Å². The molecule has 2 fully saturated rings. The Labute approximate surface area is 201 Å². The van der Waals surface area contributed by atoms with E-state index >= 15 is 0 Å². The zero-order chi connectivity index (χ0) is 23.8. The smallest absolute Gasteiger partial charge is 0.254 e. The Morgan fingerprint density at radius 1 is 0.971 bits per heavy atom. The zero-order valence-corrected chi connectivity index (χ0v) is 19.2. The fourth-order valence-electron chi connectivity index (χ4n) is 4.97. The van der Waals surface area contributed by atoms with Crippen molar-refractivity contribution in [3.8, 4) is 11.3 Å². The lowest BCUT2D eigenvalue weighted by Gasteiger charge is -2.18. The fourth-order valence-corrected chi connectivity index (χ4v) is 4.97. The van der Waals surface area contributed by atoms with Gasteiger partial charge in [0.05, 0.1) is 22.7 Å². The predicted molar refractivity (Wildman–Crippen MR) is 127 cm³/mol. The third kappa shape index (κ3) is 4.30. The second-order valence-corrected chi connectivity index (χ2v) is 9.19. The molecule has 0 N–H and O–H groups in total. The van der Waals surface area contributed by atoms with Crippen molar-refractivity contribution in [2.75, 3.05) is 26.3 Å². The predicted octanol–water partition coefficient (Wildman–Crippen LogP) is 4.95. The van der Waals surface area contributed by atoms with Crippen LogP contribution in [-0.2, 0) is 4.74 Å². The van der Waals surface area contributed by atoms with Crippen LogP contribution in [0, 0.1) is 5.82 Å². The minimum Gasteiger partial charge on any atom is -0.381 e. The Hall–Kier alpha value is -3.65. The average molecular weight is 473 g/mol. The minimum absolute atomic E-state index is 0.0183. The van der Waals surface area contributed by atoms with Crippen molar-refractivity contribution in [2.24, 2.45) is 0 Å². The number of pyridine rings is 1. The summed E-state index contributed by atoms with van der Waals surface area (Å²) < 4.78 is 24.5. The van der Waals surface area contributed by atoms with Crippen LogP contribution in [0.5, 0.6) is 0 Å². The first-order valence-electron chi connectivity index (χ1n) is 12.0. The monoisotopic (exact) mass is 472 g/mol. The number of hydrogen-bond acceptors (Lipinski definition) is 6. The molecule has 0 spiro atoms. The summed E-state index contributed by atoms with van der Waals surface area (Å²) >= 11 is 0. The van der Waals surface area contributed by atoms with Crippen LogP contribution >= 0.6 is 0 Å². The average Bonchev–Trinajstić information content (AvgIpc) is 3.59. The number of amides is 1. The first-order chi connectivity index (χ1) is 17.2. The van der Waals surface area contributed by atoms with E-state index in [0.717, 1.165) is 54.8 Å². The number of likely N-dealkylation sites (tertiary alicyclic amines) is 1. The number of rotatable bonds is 4. The quantitative estimate of drug-likeness (QED) is 0.418. The highest BCUT2D eigenvalue weighted by atomic mass is 19.1. The van der Waals surface area contributed by atoms with Crippen LogP contribution in [0.15, 0.2) is 59.1 Å². The number of ether oxygens (including phenoxy) is 1. The van der Waals surface area contributed by atoms with Gasteiger partial charge in [0.15, 0.2) is 5.82 Å². The molecular formula is C27H25FN4O3. The Kier molecular flexibility index (Phi) is 5.74. The standard InChI is InChI=1S/C27H25FN4O3/c28-20-7-5-17(6-8-20)24-15-22(21-3-1-2-4-23(21)29-24)27(33)32-12-9-19(16-32)26-30-25(31-35-26)18-10-13-34-14-11-18/h1-8,15,18-19H,9-14,16H2. The molecule has 4 aromatic rings. The van der Waals surface area contributed by atoms with E-state index in [9.17, 15) is 9.18 Å². The van der Waals surface area contributed by atoms with Crippen LogP contribution in [0.2, 0.25) is 0 Å². The summed E-state index contributed by atoms with van der Waals surface area (Å²) in [6.07, 6.45) is 2.58. The normalized spacial score (nSPS) is 18.9. The third-order valence-corrected chi connectivity index (χ3v) is 6.96. The van der Waals surface area contributed by atoms with E-state index in [1.54, 1.807) is 18.2 Å². The van der Waals surface area contributed by atoms with Crippen molar-refractivity contribution in [2.45, 2.75) is 31.1 Å². The van der Waals surface area contributed by atoms with Gasteiger partial charge >= 0.3 is 0 Å². The second kappa shape index (κ2) is 9.19. The molecule has 2 saturated heterocycles. The highest BCUT2D eigenvalue weighted by molar-refractivity contribution is 6.07. The number of fused-ring (bicyclic) bond motifs is 1. The van der Waals surface area contributed by atoms with E-state index in [0.29, 0.717) is 30.2 Å². The van der Waals surface area contributed by atoms with E-state index < -0.39 is 0 Å². The highest BCUT2D eigenvalue weighted by Crippen LogP contribution is 2.32. The van der Waals surface area contributed by atoms with Crippen molar-refractivity contribution in [1.82, 2.24) is 20.0 Å². The van der Waals surface area contributed by atoms with E-state index in [4.69, 9.17) is 14.2 Å². The Balaban J connectivity index is 1.26. The van der Waals surface area contributed by atoms with Gasteiger partial charge in [-0.1, -0.05) is 23.4 Å². The van der Waals surface area contributed by atoms with Crippen LogP contribution in [0.1, 0.15) is 53.2 Å². The molecule has 2 aromatic heterocycles. The molecule has 1 amide bonds. The van der Waals surface area contributed by atoms with Crippen molar-refractivity contribution in [3.63, 3.8) is 0 Å². The van der Waals surface area contributed by atoms with Gasteiger partial charge in [0.25, 0.3) is 5.91 Å². The molecule has 8 heteroatoms. The third-order valence-electron chi connectivity index (χ3n) is 6.96. The molecule has 2 aromatic carbocycles. The van der Waals surface area contributed by atoms with Crippen molar-refractivity contribution < 1.29 is 18.4 Å². The van der Waals surface area contributed by atoms with Gasteiger partial charge in [-0.25, -0.2) is 9.37 Å². The van der Waals surface area contributed by atoms with Crippen LogP contribution in [0.25, 0.3) is 22.2 Å². The number of aromatic nitrogens is 3.